The van der Waals surface area contributed by atoms with Crippen molar-refractivity contribution in [2.24, 2.45) is 0 Å². The van der Waals surface area contributed by atoms with Crippen LogP contribution in [0, 0.1) is 0 Å². The van der Waals surface area contributed by atoms with E-state index < -0.39 is 15.3 Å². The van der Waals surface area contributed by atoms with Gasteiger partial charge >= 0.3 is 0 Å². The standard InChI is InChI=1S/C15H23FO2S/c1-2-3-4-5-6-10-13-15(16)19(17,18)14-11-8-7-9-12-14/h7-9,11-12,15H,2-6,10,13H2,1H3. The molecule has 1 rings (SSSR count). The number of rotatable bonds is 9. The second-order valence-electron chi connectivity index (χ2n) is 4.82. The molecule has 0 aromatic heterocycles. The van der Waals surface area contributed by atoms with Crippen molar-refractivity contribution in [2.45, 2.75) is 62.3 Å². The number of hydrogen-bond donors (Lipinski definition) is 0. The molecule has 0 saturated heterocycles. The number of unbranched alkanes of at least 4 members (excludes halogenated alkanes) is 5. The Labute approximate surface area is 116 Å². The van der Waals surface area contributed by atoms with Crippen LogP contribution in [0.2, 0.25) is 0 Å². The molecule has 19 heavy (non-hydrogen) atoms. The molecule has 0 heterocycles. The zero-order chi connectivity index (χ0) is 14.1. The van der Waals surface area contributed by atoms with Crippen LogP contribution in [0.25, 0.3) is 0 Å². The number of hydrogen-bond acceptors (Lipinski definition) is 2. The van der Waals surface area contributed by atoms with Crippen molar-refractivity contribution in [3.63, 3.8) is 0 Å². The number of alkyl halides is 1. The van der Waals surface area contributed by atoms with Crippen LogP contribution in [0.15, 0.2) is 35.2 Å². The molecule has 1 unspecified atom stereocenters. The molecule has 1 aromatic carbocycles. The Morgan fingerprint density at radius 3 is 2.21 bits per heavy atom. The summed E-state index contributed by atoms with van der Waals surface area (Å²) in [6.45, 7) is 2.14. The molecule has 0 spiro atoms. The normalized spacial score (nSPS) is 13.4. The number of sulfone groups is 1. The minimum Gasteiger partial charge on any atom is -0.230 e. The van der Waals surface area contributed by atoms with Crippen LogP contribution in [-0.2, 0) is 9.84 Å². The molecule has 1 atom stereocenters. The molecule has 4 heteroatoms. The van der Waals surface area contributed by atoms with Gasteiger partial charge in [0.15, 0.2) is 0 Å². The van der Waals surface area contributed by atoms with Crippen molar-refractivity contribution >= 4 is 9.84 Å². The van der Waals surface area contributed by atoms with Crippen LogP contribution in [0.4, 0.5) is 4.39 Å². The van der Waals surface area contributed by atoms with E-state index in [1.54, 1.807) is 18.2 Å². The van der Waals surface area contributed by atoms with Gasteiger partial charge in [-0.2, -0.15) is 0 Å². The van der Waals surface area contributed by atoms with E-state index in [2.05, 4.69) is 6.92 Å². The summed E-state index contributed by atoms with van der Waals surface area (Å²) < 4.78 is 37.7. The maximum atomic E-state index is 13.9. The van der Waals surface area contributed by atoms with Gasteiger partial charge < -0.3 is 0 Å². The Morgan fingerprint density at radius 2 is 1.58 bits per heavy atom. The molecular weight excluding hydrogens is 263 g/mol. The minimum atomic E-state index is -3.80. The molecule has 0 aliphatic heterocycles. The summed E-state index contributed by atoms with van der Waals surface area (Å²) in [7, 11) is -3.80. The second-order valence-corrected chi connectivity index (χ2v) is 6.90. The van der Waals surface area contributed by atoms with Gasteiger partial charge in [0.05, 0.1) is 4.90 Å². The summed E-state index contributed by atoms with van der Waals surface area (Å²) >= 11 is 0. The largest absolute Gasteiger partial charge is 0.230 e. The lowest BCUT2D eigenvalue weighted by Crippen LogP contribution is -2.16. The number of halogens is 1. The maximum Gasteiger partial charge on any atom is 0.210 e. The van der Waals surface area contributed by atoms with Crippen LogP contribution in [0.1, 0.15) is 51.9 Å². The quantitative estimate of drug-likeness (QED) is 0.626. The van der Waals surface area contributed by atoms with Crippen LogP contribution in [0.3, 0.4) is 0 Å². The molecule has 0 saturated carbocycles. The van der Waals surface area contributed by atoms with Gasteiger partial charge in [-0.15, -0.1) is 0 Å². The second kappa shape index (κ2) is 8.31. The first-order valence-corrected chi connectivity index (χ1v) is 8.56. The zero-order valence-corrected chi connectivity index (χ0v) is 12.3. The summed E-state index contributed by atoms with van der Waals surface area (Å²) in [6.07, 6.45) is 6.23. The van der Waals surface area contributed by atoms with Crippen molar-refractivity contribution in [3.05, 3.63) is 30.3 Å². The van der Waals surface area contributed by atoms with E-state index in [4.69, 9.17) is 0 Å². The maximum absolute atomic E-state index is 13.9. The molecular formula is C15H23FO2S. The molecule has 0 fully saturated rings. The average molecular weight is 286 g/mol. The van der Waals surface area contributed by atoms with E-state index in [9.17, 15) is 12.8 Å². The molecule has 0 bridgehead atoms. The van der Waals surface area contributed by atoms with E-state index in [1.165, 1.54) is 25.0 Å². The van der Waals surface area contributed by atoms with Crippen molar-refractivity contribution < 1.29 is 12.8 Å². The van der Waals surface area contributed by atoms with Gasteiger partial charge in [-0.05, 0) is 25.0 Å². The Bertz CT molecular complexity index is 442. The molecule has 108 valence electrons. The first kappa shape index (κ1) is 16.2. The molecule has 0 aliphatic rings. The number of benzene rings is 1. The highest BCUT2D eigenvalue weighted by atomic mass is 32.2. The van der Waals surface area contributed by atoms with Gasteiger partial charge in [0, 0.05) is 0 Å². The molecule has 0 N–H and O–H groups in total. The molecule has 0 radical (unpaired) electrons. The highest BCUT2D eigenvalue weighted by Crippen LogP contribution is 2.21. The first-order valence-electron chi connectivity index (χ1n) is 7.02. The lowest BCUT2D eigenvalue weighted by Gasteiger charge is -2.09. The summed E-state index contributed by atoms with van der Waals surface area (Å²) in [5.41, 5.74) is -1.78. The predicted molar refractivity (Wildman–Crippen MR) is 76.5 cm³/mol. The van der Waals surface area contributed by atoms with Gasteiger partial charge in [0.1, 0.15) is 0 Å². The minimum absolute atomic E-state index is 0.0773. The lowest BCUT2D eigenvalue weighted by molar-refractivity contribution is 0.385. The predicted octanol–water partition coefficient (Wildman–Crippen LogP) is 4.51. The van der Waals surface area contributed by atoms with E-state index in [1.807, 2.05) is 0 Å². The van der Waals surface area contributed by atoms with Crippen molar-refractivity contribution in [1.82, 2.24) is 0 Å². The Kier molecular flexibility index (Phi) is 7.06. The van der Waals surface area contributed by atoms with Crippen molar-refractivity contribution in [3.8, 4) is 0 Å². The van der Waals surface area contributed by atoms with Crippen LogP contribution < -0.4 is 0 Å². The Morgan fingerprint density at radius 1 is 1.00 bits per heavy atom. The van der Waals surface area contributed by atoms with E-state index in [0.717, 1.165) is 19.3 Å². The first-order chi connectivity index (χ1) is 9.09. The van der Waals surface area contributed by atoms with Crippen LogP contribution in [-0.4, -0.2) is 13.9 Å². The fourth-order valence-electron chi connectivity index (χ4n) is 2.00. The van der Waals surface area contributed by atoms with E-state index in [-0.39, 0.29) is 11.3 Å². The molecule has 0 aliphatic carbocycles. The van der Waals surface area contributed by atoms with Gasteiger partial charge in [-0.3, -0.25) is 0 Å². The van der Waals surface area contributed by atoms with Gasteiger partial charge in [0.2, 0.25) is 15.3 Å². The Hall–Kier alpha value is -0.900. The molecule has 2 nitrogen and oxygen atoms in total. The van der Waals surface area contributed by atoms with Crippen molar-refractivity contribution in [1.29, 1.82) is 0 Å². The topological polar surface area (TPSA) is 34.1 Å². The molecule has 0 amide bonds. The summed E-state index contributed by atoms with van der Waals surface area (Å²) in [6, 6.07) is 7.85. The average Bonchev–Trinajstić information content (AvgIpc) is 2.43. The van der Waals surface area contributed by atoms with Gasteiger partial charge in [-0.1, -0.05) is 57.2 Å². The van der Waals surface area contributed by atoms with Crippen LogP contribution >= 0.6 is 0 Å². The van der Waals surface area contributed by atoms with Gasteiger partial charge in [-0.25, -0.2) is 12.8 Å². The molecule has 1 aromatic rings. The van der Waals surface area contributed by atoms with E-state index in [0.29, 0.717) is 6.42 Å². The van der Waals surface area contributed by atoms with E-state index >= 15 is 0 Å². The summed E-state index contributed by atoms with van der Waals surface area (Å²) in [5.74, 6) is 0. The highest BCUT2D eigenvalue weighted by Gasteiger charge is 2.26. The van der Waals surface area contributed by atoms with Crippen LogP contribution in [0.5, 0.6) is 0 Å². The fourth-order valence-corrected chi connectivity index (χ4v) is 3.31. The SMILES string of the molecule is CCCCCCCCC(F)S(=O)(=O)c1ccccc1. The summed E-state index contributed by atoms with van der Waals surface area (Å²) in [5, 5.41) is 0. The third kappa shape index (κ3) is 5.31. The lowest BCUT2D eigenvalue weighted by atomic mass is 10.1. The zero-order valence-electron chi connectivity index (χ0n) is 11.5. The smallest absolute Gasteiger partial charge is 0.210 e. The van der Waals surface area contributed by atoms with Crippen molar-refractivity contribution in [2.75, 3.05) is 0 Å². The summed E-state index contributed by atoms with van der Waals surface area (Å²) in [4.78, 5) is 0.0773. The third-order valence-electron chi connectivity index (χ3n) is 3.19. The monoisotopic (exact) mass is 286 g/mol. The Balaban J connectivity index is 2.39. The highest BCUT2D eigenvalue weighted by molar-refractivity contribution is 7.91. The third-order valence-corrected chi connectivity index (χ3v) is 5.03. The fraction of sp³-hybridized carbons (Fsp3) is 0.600. The van der Waals surface area contributed by atoms with Gasteiger partial charge in [0.25, 0.3) is 0 Å².